The van der Waals surface area contributed by atoms with Crippen LogP contribution in [-0.2, 0) is 13.6 Å². The summed E-state index contributed by atoms with van der Waals surface area (Å²) < 4.78 is 23.9. The number of rotatable bonds is 6. The van der Waals surface area contributed by atoms with Gasteiger partial charge in [-0.15, -0.1) is 0 Å². The van der Waals surface area contributed by atoms with Gasteiger partial charge in [-0.1, -0.05) is 27.7 Å². The second-order valence-electron chi connectivity index (χ2n) is 4.77. The van der Waals surface area contributed by atoms with E-state index in [0.717, 1.165) is 6.42 Å². The smallest absolute Gasteiger partial charge is 0.322 e. The van der Waals surface area contributed by atoms with Gasteiger partial charge in [-0.25, -0.2) is 4.57 Å². The van der Waals surface area contributed by atoms with Crippen LogP contribution in [0, 0.1) is 5.41 Å². The highest BCUT2D eigenvalue weighted by Crippen LogP contribution is 2.53. The molecule has 0 spiro atoms. The minimum atomic E-state index is -3.37. The molecule has 0 aromatic heterocycles. The number of nitrogens with zero attached hydrogens (tertiary/aromatic N) is 2. The Morgan fingerprint density at radius 3 is 2.12 bits per heavy atom. The molecule has 17 heavy (non-hydrogen) atoms. The largest absolute Gasteiger partial charge is 0.435 e. The molecule has 0 aliphatic carbocycles. The van der Waals surface area contributed by atoms with E-state index in [0.29, 0.717) is 0 Å². The SMILES string of the molecule is CCC(N(/C=N\N)P(=O)(OC)OC)C(C)(C)C. The first kappa shape index (κ1) is 16.4. The van der Waals surface area contributed by atoms with Crippen molar-refractivity contribution in [1.29, 1.82) is 0 Å². The van der Waals surface area contributed by atoms with Crippen molar-refractivity contribution in [2.75, 3.05) is 14.2 Å². The van der Waals surface area contributed by atoms with Gasteiger partial charge >= 0.3 is 7.75 Å². The van der Waals surface area contributed by atoms with E-state index in [9.17, 15) is 4.57 Å². The highest BCUT2D eigenvalue weighted by Gasteiger charge is 2.39. The summed E-state index contributed by atoms with van der Waals surface area (Å²) in [7, 11) is -0.684. The van der Waals surface area contributed by atoms with Crippen LogP contribution in [0.4, 0.5) is 0 Å². The van der Waals surface area contributed by atoms with Crippen LogP contribution < -0.4 is 5.84 Å². The molecule has 0 aliphatic heterocycles. The van der Waals surface area contributed by atoms with Crippen molar-refractivity contribution in [1.82, 2.24) is 4.67 Å². The normalized spacial score (nSPS) is 15.2. The molecule has 0 amide bonds. The zero-order chi connectivity index (χ0) is 13.7. The Kier molecular flexibility index (Phi) is 6.16. The molecule has 0 rings (SSSR count). The minimum Gasteiger partial charge on any atom is -0.322 e. The fraction of sp³-hybridized carbons (Fsp3) is 0.900. The summed E-state index contributed by atoms with van der Waals surface area (Å²) in [6.07, 6.45) is 2.08. The van der Waals surface area contributed by atoms with E-state index < -0.39 is 7.75 Å². The first-order valence-electron chi connectivity index (χ1n) is 5.50. The van der Waals surface area contributed by atoms with E-state index in [1.165, 1.54) is 25.2 Å². The van der Waals surface area contributed by atoms with Gasteiger partial charge in [-0.3, -0.25) is 13.7 Å². The number of nitrogens with two attached hydrogens (primary N) is 1. The predicted octanol–water partition coefficient (Wildman–Crippen LogP) is 2.42. The highest BCUT2D eigenvalue weighted by molar-refractivity contribution is 7.51. The second-order valence-corrected chi connectivity index (χ2v) is 6.90. The summed E-state index contributed by atoms with van der Waals surface area (Å²) in [6, 6.07) is -0.0551. The third kappa shape index (κ3) is 3.98. The molecule has 0 fully saturated rings. The van der Waals surface area contributed by atoms with Gasteiger partial charge < -0.3 is 5.84 Å². The van der Waals surface area contributed by atoms with Gasteiger partial charge in [0.15, 0.2) is 0 Å². The molecule has 7 heteroatoms. The zero-order valence-electron chi connectivity index (χ0n) is 11.5. The van der Waals surface area contributed by atoms with E-state index in [2.05, 4.69) is 5.10 Å². The van der Waals surface area contributed by atoms with Crippen molar-refractivity contribution in [3.05, 3.63) is 0 Å². The van der Waals surface area contributed by atoms with Gasteiger partial charge in [0, 0.05) is 20.3 Å². The van der Waals surface area contributed by atoms with E-state index in [4.69, 9.17) is 14.9 Å². The molecule has 0 saturated carbocycles. The molecule has 1 unspecified atom stereocenters. The quantitative estimate of drug-likeness (QED) is 0.262. The Morgan fingerprint density at radius 1 is 1.41 bits per heavy atom. The fourth-order valence-electron chi connectivity index (χ4n) is 1.84. The third-order valence-corrected chi connectivity index (χ3v) is 4.51. The van der Waals surface area contributed by atoms with Crippen LogP contribution in [0.25, 0.3) is 0 Å². The summed E-state index contributed by atoms with van der Waals surface area (Å²) >= 11 is 0. The summed E-state index contributed by atoms with van der Waals surface area (Å²) in [4.78, 5) is 0. The predicted molar refractivity (Wildman–Crippen MR) is 69.7 cm³/mol. The maximum absolute atomic E-state index is 12.4. The van der Waals surface area contributed by atoms with Crippen molar-refractivity contribution in [2.45, 2.75) is 40.2 Å². The minimum absolute atomic E-state index is 0.0551. The molecule has 0 saturated heterocycles. The average Bonchev–Trinajstić information content (AvgIpc) is 2.26. The van der Waals surface area contributed by atoms with Crippen LogP contribution in [-0.4, -0.2) is 31.3 Å². The molecule has 1 atom stereocenters. The molecule has 0 bridgehead atoms. The lowest BCUT2D eigenvalue weighted by Crippen LogP contribution is -2.41. The van der Waals surface area contributed by atoms with Crippen molar-refractivity contribution >= 4 is 14.1 Å². The molecule has 6 nitrogen and oxygen atoms in total. The van der Waals surface area contributed by atoms with Gasteiger partial charge in [0.2, 0.25) is 0 Å². The first-order valence-corrected chi connectivity index (χ1v) is 7.00. The van der Waals surface area contributed by atoms with Crippen molar-refractivity contribution in [3.63, 3.8) is 0 Å². The van der Waals surface area contributed by atoms with E-state index in [-0.39, 0.29) is 11.5 Å². The first-order chi connectivity index (χ1) is 7.76. The van der Waals surface area contributed by atoms with Crippen LogP contribution in [0.1, 0.15) is 34.1 Å². The maximum Gasteiger partial charge on any atom is 0.435 e. The van der Waals surface area contributed by atoms with Crippen LogP contribution in [0.5, 0.6) is 0 Å². The molecule has 0 aromatic rings. The molecule has 0 aliphatic rings. The van der Waals surface area contributed by atoms with Crippen LogP contribution in [0.3, 0.4) is 0 Å². The lowest BCUT2D eigenvalue weighted by Gasteiger charge is -2.40. The number of hydrazone groups is 1. The Morgan fingerprint density at radius 2 is 1.88 bits per heavy atom. The van der Waals surface area contributed by atoms with Gasteiger partial charge in [-0.05, 0) is 11.8 Å². The molecule has 0 heterocycles. The highest BCUT2D eigenvalue weighted by atomic mass is 31.2. The van der Waals surface area contributed by atoms with Crippen LogP contribution in [0.15, 0.2) is 5.10 Å². The van der Waals surface area contributed by atoms with E-state index in [1.54, 1.807) is 0 Å². The van der Waals surface area contributed by atoms with Gasteiger partial charge in [0.05, 0.1) is 0 Å². The van der Waals surface area contributed by atoms with Gasteiger partial charge in [0.25, 0.3) is 0 Å². The van der Waals surface area contributed by atoms with Crippen molar-refractivity contribution in [3.8, 4) is 0 Å². The maximum atomic E-state index is 12.4. The van der Waals surface area contributed by atoms with E-state index >= 15 is 0 Å². The lowest BCUT2D eigenvalue weighted by atomic mass is 9.85. The summed E-state index contributed by atoms with van der Waals surface area (Å²) in [6.45, 7) is 8.15. The molecular weight excluding hydrogens is 241 g/mol. The van der Waals surface area contributed by atoms with E-state index in [1.807, 2.05) is 27.7 Å². The number of hydrogen-bond acceptors (Lipinski definition) is 5. The second kappa shape index (κ2) is 6.38. The Balaban J connectivity index is 5.42. The summed E-state index contributed by atoms with van der Waals surface area (Å²) in [5.41, 5.74) is -0.108. The molecule has 102 valence electrons. The molecule has 0 radical (unpaired) electrons. The molecular formula is C10H24N3O3P. The van der Waals surface area contributed by atoms with Crippen LogP contribution in [0.2, 0.25) is 0 Å². The van der Waals surface area contributed by atoms with Gasteiger partial charge in [0.1, 0.15) is 6.34 Å². The van der Waals surface area contributed by atoms with Crippen molar-refractivity contribution < 1.29 is 13.6 Å². The summed E-state index contributed by atoms with van der Waals surface area (Å²) in [5, 5.41) is 3.45. The fourth-order valence-corrected chi connectivity index (χ4v) is 3.41. The molecule has 0 aromatic carbocycles. The van der Waals surface area contributed by atoms with Gasteiger partial charge in [-0.2, -0.15) is 5.10 Å². The topological polar surface area (TPSA) is 77.2 Å². The summed E-state index contributed by atoms with van der Waals surface area (Å²) in [5.74, 6) is 5.17. The monoisotopic (exact) mass is 265 g/mol. The zero-order valence-corrected chi connectivity index (χ0v) is 12.4. The third-order valence-electron chi connectivity index (χ3n) is 2.63. The number of hydrogen-bond donors (Lipinski definition) is 1. The average molecular weight is 265 g/mol. The Labute approximate surface area is 104 Å². The van der Waals surface area contributed by atoms with Crippen LogP contribution >= 0.6 is 7.75 Å². The standard InChI is InChI=1S/C10H24N3O3P/c1-7-9(10(2,3)4)13(8-12-11)17(14,15-5)16-6/h8-9H,7,11H2,1-6H3/b12-8-. The molecule has 2 N–H and O–H groups in total. The Bertz CT molecular complexity index is 294. The Hall–Kier alpha value is -0.580. The van der Waals surface area contributed by atoms with Crippen molar-refractivity contribution in [2.24, 2.45) is 16.4 Å². The lowest BCUT2D eigenvalue weighted by molar-refractivity contribution is 0.165.